The van der Waals surface area contributed by atoms with Crippen molar-refractivity contribution < 1.29 is 18.0 Å². The van der Waals surface area contributed by atoms with Gasteiger partial charge in [-0.2, -0.15) is 13.2 Å². The van der Waals surface area contributed by atoms with Crippen LogP contribution < -0.4 is 5.32 Å². The maximum absolute atomic E-state index is 12.0. The molecule has 0 atom stereocenters. The average Bonchev–Trinajstić information content (AvgIpc) is 2.36. The maximum atomic E-state index is 12.0. The number of para-hydroxylation sites is 1. The topological polar surface area (TPSA) is 32.3 Å². The zero-order valence-corrected chi connectivity index (χ0v) is 11.8. The highest BCUT2D eigenvalue weighted by atomic mass is 35.5. The third-order valence-corrected chi connectivity index (χ3v) is 2.98. The Hall–Kier alpha value is -1.27. The second-order valence-electron chi connectivity index (χ2n) is 4.45. The minimum absolute atomic E-state index is 0.111. The number of halogens is 4. The summed E-state index contributed by atoms with van der Waals surface area (Å²) in [6, 6.07) is 6.78. The minimum Gasteiger partial charge on any atom is -0.325 e. The highest BCUT2D eigenvalue weighted by Gasteiger charge is 2.27. The van der Waals surface area contributed by atoms with E-state index in [0.717, 1.165) is 0 Å². The molecule has 1 rings (SSSR count). The number of amides is 1. The van der Waals surface area contributed by atoms with Gasteiger partial charge in [0, 0.05) is 19.5 Å². The van der Waals surface area contributed by atoms with Gasteiger partial charge in [-0.25, -0.2) is 0 Å². The predicted octanol–water partition coefficient (Wildman–Crippen LogP) is 3.55. The van der Waals surface area contributed by atoms with Crippen LogP contribution in [-0.2, 0) is 4.79 Å². The van der Waals surface area contributed by atoms with E-state index in [0.29, 0.717) is 10.7 Å². The number of hydrogen-bond acceptors (Lipinski definition) is 2. The van der Waals surface area contributed by atoms with E-state index in [-0.39, 0.29) is 25.4 Å². The van der Waals surface area contributed by atoms with Crippen molar-refractivity contribution in [2.45, 2.75) is 19.0 Å². The lowest BCUT2D eigenvalue weighted by Crippen LogP contribution is -2.28. The number of alkyl halides is 3. The van der Waals surface area contributed by atoms with E-state index in [1.165, 1.54) is 4.90 Å². The van der Waals surface area contributed by atoms with Gasteiger partial charge < -0.3 is 10.2 Å². The summed E-state index contributed by atoms with van der Waals surface area (Å²) < 4.78 is 36.1. The monoisotopic (exact) mass is 308 g/mol. The second-order valence-corrected chi connectivity index (χ2v) is 4.85. The van der Waals surface area contributed by atoms with E-state index < -0.39 is 12.6 Å². The van der Waals surface area contributed by atoms with Gasteiger partial charge in [0.05, 0.1) is 17.1 Å². The number of benzene rings is 1. The Kier molecular flexibility index (Phi) is 6.29. The molecule has 0 fully saturated rings. The molecule has 0 saturated heterocycles. The lowest BCUT2D eigenvalue weighted by Gasteiger charge is -2.17. The second kappa shape index (κ2) is 7.50. The van der Waals surface area contributed by atoms with Gasteiger partial charge in [-0.05, 0) is 19.2 Å². The Morgan fingerprint density at radius 3 is 2.55 bits per heavy atom. The largest absolute Gasteiger partial charge is 0.390 e. The summed E-state index contributed by atoms with van der Waals surface area (Å²) in [6.45, 7) is 0.134. The fourth-order valence-electron chi connectivity index (χ4n) is 1.50. The Labute approximate surface area is 120 Å². The third kappa shape index (κ3) is 6.77. The molecule has 0 bridgehead atoms. The Bertz CT molecular complexity index is 451. The summed E-state index contributed by atoms with van der Waals surface area (Å²) in [4.78, 5) is 13.1. The van der Waals surface area contributed by atoms with E-state index in [2.05, 4.69) is 5.32 Å². The van der Waals surface area contributed by atoms with Crippen LogP contribution in [0.2, 0.25) is 5.02 Å². The van der Waals surface area contributed by atoms with Crippen molar-refractivity contribution in [2.75, 3.05) is 25.5 Å². The molecular weight excluding hydrogens is 293 g/mol. The van der Waals surface area contributed by atoms with Gasteiger partial charge in [-0.1, -0.05) is 23.7 Å². The minimum atomic E-state index is -4.17. The molecule has 0 saturated carbocycles. The lowest BCUT2D eigenvalue weighted by atomic mass is 10.3. The first kappa shape index (κ1) is 16.8. The quantitative estimate of drug-likeness (QED) is 0.871. The number of carbonyl (C=O) groups is 1. The number of carbonyl (C=O) groups excluding carboxylic acids is 1. The Balaban J connectivity index is 2.31. The normalized spacial score (nSPS) is 11.7. The number of rotatable bonds is 6. The van der Waals surface area contributed by atoms with Gasteiger partial charge in [0.25, 0.3) is 0 Å². The van der Waals surface area contributed by atoms with Crippen LogP contribution in [0.15, 0.2) is 24.3 Å². The van der Waals surface area contributed by atoms with E-state index in [1.807, 2.05) is 0 Å². The average molecular weight is 309 g/mol. The van der Waals surface area contributed by atoms with Crippen molar-refractivity contribution >= 4 is 23.2 Å². The van der Waals surface area contributed by atoms with Crippen molar-refractivity contribution in [3.8, 4) is 0 Å². The Morgan fingerprint density at radius 2 is 1.95 bits per heavy atom. The first-order chi connectivity index (χ1) is 9.28. The van der Waals surface area contributed by atoms with Crippen LogP contribution in [0.1, 0.15) is 12.8 Å². The molecule has 3 nitrogen and oxygen atoms in total. The molecule has 1 aromatic carbocycles. The molecule has 7 heteroatoms. The number of anilines is 1. The molecule has 0 aliphatic heterocycles. The van der Waals surface area contributed by atoms with Gasteiger partial charge in [-0.3, -0.25) is 4.79 Å². The van der Waals surface area contributed by atoms with Gasteiger partial charge in [0.2, 0.25) is 5.91 Å². The summed E-state index contributed by atoms with van der Waals surface area (Å²) in [5, 5.41) is 3.04. The summed E-state index contributed by atoms with van der Waals surface area (Å²) >= 11 is 5.88. The van der Waals surface area contributed by atoms with Crippen molar-refractivity contribution in [1.29, 1.82) is 0 Å². The van der Waals surface area contributed by atoms with E-state index in [1.54, 1.807) is 31.3 Å². The summed E-state index contributed by atoms with van der Waals surface area (Å²) in [5.41, 5.74) is 0.497. The third-order valence-electron chi connectivity index (χ3n) is 2.65. The van der Waals surface area contributed by atoms with Crippen LogP contribution in [0.5, 0.6) is 0 Å². The summed E-state index contributed by atoms with van der Waals surface area (Å²) in [5.74, 6) is -0.281. The molecule has 20 heavy (non-hydrogen) atoms. The molecule has 0 aromatic heterocycles. The van der Waals surface area contributed by atoms with Crippen molar-refractivity contribution in [2.24, 2.45) is 0 Å². The number of nitrogens with zero attached hydrogens (tertiary/aromatic N) is 1. The number of hydrogen-bond donors (Lipinski definition) is 1. The fourth-order valence-corrected chi connectivity index (χ4v) is 1.68. The molecule has 0 heterocycles. The van der Waals surface area contributed by atoms with Crippen molar-refractivity contribution in [3.63, 3.8) is 0 Å². The van der Waals surface area contributed by atoms with Crippen LogP contribution in [0.25, 0.3) is 0 Å². The summed E-state index contributed by atoms with van der Waals surface area (Å²) in [7, 11) is 1.55. The van der Waals surface area contributed by atoms with E-state index in [9.17, 15) is 18.0 Å². The Morgan fingerprint density at radius 1 is 1.30 bits per heavy atom. The summed E-state index contributed by atoms with van der Waals surface area (Å²) in [6.07, 6.45) is -4.94. The van der Waals surface area contributed by atoms with Crippen molar-refractivity contribution in [3.05, 3.63) is 29.3 Å². The van der Waals surface area contributed by atoms with E-state index in [4.69, 9.17) is 11.6 Å². The molecule has 0 spiro atoms. The molecule has 1 N–H and O–H groups in total. The van der Waals surface area contributed by atoms with Crippen LogP contribution in [-0.4, -0.2) is 37.1 Å². The smallest absolute Gasteiger partial charge is 0.325 e. The van der Waals surface area contributed by atoms with Crippen molar-refractivity contribution in [1.82, 2.24) is 4.90 Å². The van der Waals surface area contributed by atoms with E-state index >= 15 is 0 Å². The molecule has 1 aromatic rings. The van der Waals surface area contributed by atoms with Crippen LogP contribution >= 0.6 is 11.6 Å². The van der Waals surface area contributed by atoms with Crippen LogP contribution in [0.4, 0.5) is 18.9 Å². The highest BCUT2D eigenvalue weighted by molar-refractivity contribution is 6.33. The van der Waals surface area contributed by atoms with Crippen LogP contribution in [0.3, 0.4) is 0 Å². The SMILES string of the molecule is CN(CCC(=O)Nc1ccccc1Cl)CCC(F)(F)F. The molecule has 0 radical (unpaired) electrons. The predicted molar refractivity (Wildman–Crippen MR) is 72.9 cm³/mol. The zero-order chi connectivity index (χ0) is 15.2. The first-order valence-electron chi connectivity index (χ1n) is 6.07. The number of nitrogens with one attached hydrogen (secondary N) is 1. The zero-order valence-electron chi connectivity index (χ0n) is 11.0. The van der Waals surface area contributed by atoms with Gasteiger partial charge in [0.15, 0.2) is 0 Å². The molecule has 112 valence electrons. The lowest BCUT2D eigenvalue weighted by molar-refractivity contribution is -0.137. The highest BCUT2D eigenvalue weighted by Crippen LogP contribution is 2.21. The molecule has 1 amide bonds. The molecular formula is C13H16ClF3N2O. The fraction of sp³-hybridized carbons (Fsp3) is 0.462. The van der Waals surface area contributed by atoms with Gasteiger partial charge in [0.1, 0.15) is 0 Å². The van der Waals surface area contributed by atoms with Gasteiger partial charge in [-0.15, -0.1) is 0 Å². The molecule has 0 aliphatic rings. The first-order valence-corrected chi connectivity index (χ1v) is 6.45. The standard InChI is InChI=1S/C13H16ClF3N2O/c1-19(9-7-13(15,16)17)8-6-12(20)18-11-5-3-2-4-10(11)14/h2-5H,6-9H2,1H3,(H,18,20). The molecule has 0 aliphatic carbocycles. The maximum Gasteiger partial charge on any atom is 0.390 e. The van der Waals surface area contributed by atoms with Gasteiger partial charge >= 0.3 is 6.18 Å². The van der Waals surface area contributed by atoms with Crippen LogP contribution in [0, 0.1) is 0 Å². The molecule has 0 unspecified atom stereocenters.